The van der Waals surface area contributed by atoms with Crippen molar-refractivity contribution in [3.05, 3.63) is 24.3 Å². The first-order valence-corrected chi connectivity index (χ1v) is 6.40. The first-order chi connectivity index (χ1) is 7.12. The molecule has 0 radical (unpaired) electrons. The van der Waals surface area contributed by atoms with E-state index in [0.29, 0.717) is 10.9 Å². The maximum Gasteiger partial charge on any atom is 0.240 e. The van der Waals surface area contributed by atoms with Crippen molar-refractivity contribution in [3.63, 3.8) is 0 Å². The third-order valence-corrected chi connectivity index (χ3v) is 3.77. The Bertz CT molecular complexity index is 452. The molecule has 1 aromatic carbocycles. The van der Waals surface area contributed by atoms with Gasteiger partial charge in [0.15, 0.2) is 0 Å². The molecule has 1 aromatic rings. The van der Waals surface area contributed by atoms with Gasteiger partial charge in [0.2, 0.25) is 10.0 Å². The normalized spacial score (nSPS) is 16.3. The third kappa shape index (κ3) is 2.49. The van der Waals surface area contributed by atoms with Crippen molar-refractivity contribution in [1.82, 2.24) is 4.72 Å². The molecule has 0 atom stereocenters. The smallest absolute Gasteiger partial charge is 0.240 e. The third-order valence-electron chi connectivity index (χ3n) is 2.36. The van der Waals surface area contributed by atoms with E-state index in [4.69, 9.17) is 0 Å². The predicted octanol–water partition coefficient (Wildman–Crippen LogP) is 1.17. The highest BCUT2D eigenvalue weighted by Crippen LogP contribution is 2.25. The summed E-state index contributed by atoms with van der Waals surface area (Å²) in [4.78, 5) is 0.302. The second kappa shape index (κ2) is 3.83. The highest BCUT2D eigenvalue weighted by molar-refractivity contribution is 7.89. The minimum Gasteiger partial charge on any atom is -0.382 e. The fourth-order valence-corrected chi connectivity index (χ4v) is 2.11. The molecule has 1 aliphatic rings. The Labute approximate surface area is 89.7 Å². The highest BCUT2D eigenvalue weighted by atomic mass is 32.2. The molecule has 2 rings (SSSR count). The van der Waals surface area contributed by atoms with Crippen molar-refractivity contribution in [2.45, 2.75) is 23.8 Å². The molecule has 0 aliphatic heterocycles. The van der Waals surface area contributed by atoms with Crippen molar-refractivity contribution in [3.8, 4) is 0 Å². The molecular formula is C10H14N2O2S. The molecule has 0 saturated heterocycles. The van der Waals surface area contributed by atoms with Gasteiger partial charge >= 0.3 is 0 Å². The first kappa shape index (κ1) is 10.4. The van der Waals surface area contributed by atoms with E-state index < -0.39 is 10.0 Å². The van der Waals surface area contributed by atoms with Crippen molar-refractivity contribution in [2.24, 2.45) is 0 Å². The molecule has 1 fully saturated rings. The summed E-state index contributed by atoms with van der Waals surface area (Å²) >= 11 is 0. The summed E-state index contributed by atoms with van der Waals surface area (Å²) < 4.78 is 25.3. The molecule has 0 aromatic heterocycles. The van der Waals surface area contributed by atoms with Gasteiger partial charge in [0.25, 0.3) is 0 Å². The molecule has 0 amide bonds. The van der Waals surface area contributed by atoms with Crippen LogP contribution in [0.25, 0.3) is 0 Å². The van der Waals surface area contributed by atoms with E-state index in [1.165, 1.54) is 19.9 Å². The number of benzene rings is 1. The molecule has 15 heavy (non-hydrogen) atoms. The molecule has 1 saturated carbocycles. The summed E-state index contributed by atoms with van der Waals surface area (Å²) in [5.41, 5.74) is 0.869. The maximum atomic E-state index is 11.5. The van der Waals surface area contributed by atoms with E-state index in [0.717, 1.165) is 5.69 Å². The van der Waals surface area contributed by atoms with Crippen molar-refractivity contribution >= 4 is 15.7 Å². The summed E-state index contributed by atoms with van der Waals surface area (Å²) in [5, 5.41) is 3.26. The van der Waals surface area contributed by atoms with Crippen LogP contribution < -0.4 is 10.0 Å². The SMILES string of the molecule is CNS(=O)(=O)c1cccc(NC2CC2)c1. The predicted molar refractivity (Wildman–Crippen MR) is 59.3 cm³/mol. The van der Waals surface area contributed by atoms with E-state index in [-0.39, 0.29) is 0 Å². The molecule has 0 unspecified atom stereocenters. The van der Waals surface area contributed by atoms with E-state index in [9.17, 15) is 8.42 Å². The lowest BCUT2D eigenvalue weighted by Crippen LogP contribution is -2.18. The average Bonchev–Trinajstić information content (AvgIpc) is 3.02. The van der Waals surface area contributed by atoms with Crippen LogP contribution in [0.1, 0.15) is 12.8 Å². The largest absolute Gasteiger partial charge is 0.382 e. The van der Waals surface area contributed by atoms with E-state index in [2.05, 4.69) is 10.0 Å². The minimum absolute atomic E-state index is 0.302. The Hall–Kier alpha value is -1.07. The summed E-state index contributed by atoms with van der Waals surface area (Å²) in [6.07, 6.45) is 2.34. The quantitative estimate of drug-likeness (QED) is 0.810. The number of hydrogen-bond donors (Lipinski definition) is 2. The molecule has 5 heteroatoms. The van der Waals surface area contributed by atoms with Crippen LogP contribution in [-0.4, -0.2) is 21.5 Å². The van der Waals surface area contributed by atoms with Crippen LogP contribution in [0.3, 0.4) is 0 Å². The van der Waals surface area contributed by atoms with Gasteiger partial charge in [-0.25, -0.2) is 13.1 Å². The van der Waals surface area contributed by atoms with Crippen molar-refractivity contribution in [2.75, 3.05) is 12.4 Å². The van der Waals surface area contributed by atoms with E-state index in [1.807, 2.05) is 6.07 Å². The van der Waals surface area contributed by atoms with Crippen LogP contribution in [-0.2, 0) is 10.0 Å². The average molecular weight is 226 g/mol. The van der Waals surface area contributed by atoms with Crippen LogP contribution in [0.2, 0.25) is 0 Å². The van der Waals surface area contributed by atoms with Gasteiger partial charge in [-0.05, 0) is 38.1 Å². The van der Waals surface area contributed by atoms with Crippen molar-refractivity contribution < 1.29 is 8.42 Å². The van der Waals surface area contributed by atoms with Crippen LogP contribution in [0, 0.1) is 0 Å². The second-order valence-electron chi connectivity index (χ2n) is 3.65. The number of rotatable bonds is 4. The molecule has 82 valence electrons. The zero-order valence-electron chi connectivity index (χ0n) is 8.53. The molecule has 0 bridgehead atoms. The maximum absolute atomic E-state index is 11.5. The lowest BCUT2D eigenvalue weighted by atomic mass is 10.3. The van der Waals surface area contributed by atoms with Gasteiger partial charge in [0.1, 0.15) is 0 Å². The van der Waals surface area contributed by atoms with Crippen LogP contribution in [0.15, 0.2) is 29.2 Å². The Morgan fingerprint density at radius 2 is 2.07 bits per heavy atom. The molecule has 4 nitrogen and oxygen atoms in total. The monoisotopic (exact) mass is 226 g/mol. The second-order valence-corrected chi connectivity index (χ2v) is 5.54. The van der Waals surface area contributed by atoms with E-state index >= 15 is 0 Å². The topological polar surface area (TPSA) is 58.2 Å². The summed E-state index contributed by atoms with van der Waals surface area (Å²) in [6, 6.07) is 7.40. The van der Waals surface area contributed by atoms with Gasteiger partial charge in [-0.1, -0.05) is 6.07 Å². The van der Waals surface area contributed by atoms with Gasteiger partial charge in [-0.15, -0.1) is 0 Å². The zero-order valence-corrected chi connectivity index (χ0v) is 9.34. The number of nitrogens with one attached hydrogen (secondary N) is 2. The molecule has 0 spiro atoms. The molecule has 2 N–H and O–H groups in total. The van der Waals surface area contributed by atoms with Gasteiger partial charge in [-0.2, -0.15) is 0 Å². The standard InChI is InChI=1S/C10H14N2O2S/c1-11-15(13,14)10-4-2-3-9(7-10)12-8-5-6-8/h2-4,7-8,11-12H,5-6H2,1H3. The molecular weight excluding hydrogens is 212 g/mol. The highest BCUT2D eigenvalue weighted by Gasteiger charge is 2.21. The Morgan fingerprint density at radius 1 is 1.33 bits per heavy atom. The summed E-state index contributed by atoms with van der Waals surface area (Å²) in [5.74, 6) is 0. The Balaban J connectivity index is 2.25. The van der Waals surface area contributed by atoms with Gasteiger partial charge in [0, 0.05) is 11.7 Å². The fourth-order valence-electron chi connectivity index (χ4n) is 1.33. The summed E-state index contributed by atoms with van der Waals surface area (Å²) in [7, 11) is -1.91. The fraction of sp³-hybridized carbons (Fsp3) is 0.400. The molecule has 1 aliphatic carbocycles. The van der Waals surface area contributed by atoms with Crippen LogP contribution in [0.5, 0.6) is 0 Å². The van der Waals surface area contributed by atoms with Crippen LogP contribution >= 0.6 is 0 Å². The zero-order chi connectivity index (χ0) is 10.9. The van der Waals surface area contributed by atoms with Crippen LogP contribution in [0.4, 0.5) is 5.69 Å². The minimum atomic E-state index is -3.33. The number of sulfonamides is 1. The molecule has 0 heterocycles. The van der Waals surface area contributed by atoms with Gasteiger partial charge < -0.3 is 5.32 Å². The van der Waals surface area contributed by atoms with Gasteiger partial charge in [0.05, 0.1) is 4.90 Å². The Morgan fingerprint density at radius 3 is 2.67 bits per heavy atom. The van der Waals surface area contributed by atoms with Crippen molar-refractivity contribution in [1.29, 1.82) is 0 Å². The summed E-state index contributed by atoms with van der Waals surface area (Å²) in [6.45, 7) is 0. The van der Waals surface area contributed by atoms with Gasteiger partial charge in [-0.3, -0.25) is 0 Å². The number of hydrogen-bond acceptors (Lipinski definition) is 3. The Kier molecular flexibility index (Phi) is 2.67. The van der Waals surface area contributed by atoms with E-state index in [1.54, 1.807) is 18.2 Å². The lowest BCUT2D eigenvalue weighted by Gasteiger charge is -2.07. The first-order valence-electron chi connectivity index (χ1n) is 4.92. The number of anilines is 1. The lowest BCUT2D eigenvalue weighted by molar-refractivity contribution is 0.588.